The Hall–Kier alpha value is -10.9. The molecule has 0 saturated carbocycles. The van der Waals surface area contributed by atoms with Crippen LogP contribution in [0.3, 0.4) is 0 Å². The van der Waals surface area contributed by atoms with Gasteiger partial charge >= 0.3 is 12.2 Å². The summed E-state index contributed by atoms with van der Waals surface area (Å²) < 4.78 is 36.0. The number of piperazine rings is 2. The smallest absolute Gasteiger partial charge is 0.410 e. The average Bonchev–Trinajstić information content (AvgIpc) is 1.84. The number of ether oxygens (including phenoxy) is 6. The first-order chi connectivity index (χ1) is 46.4. The number of anilines is 2. The highest BCUT2D eigenvalue weighted by atomic mass is 16.7. The fourth-order valence-corrected chi connectivity index (χ4v) is 10.6. The Morgan fingerprint density at radius 2 is 0.947 bits per heavy atom. The van der Waals surface area contributed by atoms with Gasteiger partial charge in [0.15, 0.2) is 25.2 Å². The van der Waals surface area contributed by atoms with Gasteiger partial charge in [0.2, 0.25) is 0 Å². The lowest BCUT2D eigenvalue weighted by atomic mass is 10.0. The Morgan fingerprint density at radius 1 is 0.516 bits per heavy atom. The molecule has 0 spiro atoms. The van der Waals surface area contributed by atoms with Crippen molar-refractivity contribution in [1.82, 2.24) is 60.0 Å². The van der Waals surface area contributed by atoms with Crippen LogP contribution in [0.15, 0.2) is 195 Å². The first-order valence-corrected chi connectivity index (χ1v) is 31.2. The summed E-state index contributed by atoms with van der Waals surface area (Å²) in [5.41, 5.74) is 24.5. The third-order valence-electron chi connectivity index (χ3n) is 16.1. The molecule has 23 nitrogen and oxygen atoms in total. The van der Waals surface area contributed by atoms with E-state index in [1.165, 1.54) is 5.56 Å². The van der Waals surface area contributed by atoms with Crippen molar-refractivity contribution in [3.8, 4) is 56.3 Å². The number of benzene rings is 6. The van der Waals surface area contributed by atoms with E-state index in [9.17, 15) is 14.4 Å². The van der Waals surface area contributed by atoms with E-state index >= 15 is 0 Å². The number of para-hydroxylation sites is 2. The standard InChI is InChI=1S/C36H39N7O4.C24H23N5O3.C12H16N2O2/c1-26(43-23-30(21-38-43)32-20-33(39-40-35(32)37)31-10-6-7-11-34(31)47-25-45-2)29-14-12-27(13-15-29)22-41-16-18-42(19-17-41)36(44)46-24-28-8-4-3-5-9-28;1-16(18-9-7-17(14-30)8-10-18)29-13-19(12-26-29)21-11-22(27-28-24(21)25)20-5-3-4-6-23(20)32-15-31-2;15-12(14-8-6-13-7-9-14)16-10-11-4-2-1-3-5-11/h3-15,20-21,23,26H,16-19,22,24-25H2,1-2H3,(H2,37,40);3-14,16H,15H2,1-2H3,(H2,25,28);1-5,13H,6-10H2. The van der Waals surface area contributed by atoms with Crippen LogP contribution in [0.1, 0.15) is 64.1 Å². The second-order valence-corrected chi connectivity index (χ2v) is 22.5. The molecule has 2 aliphatic heterocycles. The number of nitrogen functional groups attached to an aromatic ring is 2. The number of nitrogens with two attached hydrogens (primary N) is 2. The Bertz CT molecular complexity index is 4070. The molecule has 2 saturated heterocycles. The number of methoxy groups -OCH3 is 2. The number of aldehydes is 1. The molecule has 5 N–H and O–H groups in total. The monoisotopic (exact) mass is 1280 g/mol. The van der Waals surface area contributed by atoms with Gasteiger partial charge in [0.1, 0.15) is 31.0 Å². The van der Waals surface area contributed by atoms with Crippen molar-refractivity contribution in [3.63, 3.8) is 0 Å². The summed E-state index contributed by atoms with van der Waals surface area (Å²) in [6.07, 6.45) is 7.80. The Balaban J connectivity index is 0.000000175. The lowest BCUT2D eigenvalue weighted by Crippen LogP contribution is -2.48. The number of nitrogens with zero attached hydrogens (tertiary/aromatic N) is 11. The van der Waals surface area contributed by atoms with Crippen molar-refractivity contribution in [2.45, 2.75) is 45.7 Å². The molecule has 4 aromatic heterocycles. The van der Waals surface area contributed by atoms with Gasteiger partial charge in [-0.1, -0.05) is 133 Å². The molecule has 6 aromatic carbocycles. The zero-order valence-corrected chi connectivity index (χ0v) is 53.6. The van der Waals surface area contributed by atoms with E-state index in [-0.39, 0.29) is 37.9 Å². The number of carbonyl (C=O) groups is 3. The minimum Gasteiger partial charge on any atom is -0.467 e. The van der Waals surface area contributed by atoms with Crippen LogP contribution in [0.5, 0.6) is 11.5 Å². The van der Waals surface area contributed by atoms with Crippen LogP contribution in [0.4, 0.5) is 21.2 Å². The number of carbonyl (C=O) groups excluding carboxylic acids is 3. The minimum absolute atomic E-state index is 0.00176. The van der Waals surface area contributed by atoms with Crippen LogP contribution in [0.25, 0.3) is 44.8 Å². The third-order valence-corrected chi connectivity index (χ3v) is 16.1. The van der Waals surface area contributed by atoms with Gasteiger partial charge in [-0.2, -0.15) is 10.2 Å². The number of amides is 2. The van der Waals surface area contributed by atoms with Crippen LogP contribution in [0, 0.1) is 0 Å². The Labute approximate surface area is 552 Å². The molecule has 2 aliphatic rings. The summed E-state index contributed by atoms with van der Waals surface area (Å²) in [6.45, 7) is 11.9. The zero-order chi connectivity index (χ0) is 66.3. The summed E-state index contributed by atoms with van der Waals surface area (Å²) in [5, 5.41) is 29.3. The lowest BCUT2D eigenvalue weighted by molar-refractivity contribution is 0.0513. The van der Waals surface area contributed by atoms with Gasteiger partial charge in [-0.3, -0.25) is 19.1 Å². The van der Waals surface area contributed by atoms with Gasteiger partial charge in [0, 0.05) is 124 Å². The highest BCUT2D eigenvalue weighted by molar-refractivity contribution is 5.80. The highest BCUT2D eigenvalue weighted by Gasteiger charge is 2.24. The molecule has 0 bridgehead atoms. The maximum Gasteiger partial charge on any atom is 0.410 e. The molecular formula is C72H78N14O9. The van der Waals surface area contributed by atoms with Crippen molar-refractivity contribution in [1.29, 1.82) is 0 Å². The summed E-state index contributed by atoms with van der Waals surface area (Å²) in [5.74, 6) is 1.92. The molecular weight excluding hydrogens is 1200 g/mol. The predicted molar refractivity (Wildman–Crippen MR) is 362 cm³/mol. The molecule has 490 valence electrons. The van der Waals surface area contributed by atoms with Crippen LogP contribution in [0.2, 0.25) is 0 Å². The normalized spacial score (nSPS) is 13.6. The van der Waals surface area contributed by atoms with Gasteiger partial charge in [-0.05, 0) is 78.1 Å². The molecule has 95 heavy (non-hydrogen) atoms. The number of aromatic nitrogens is 8. The van der Waals surface area contributed by atoms with Crippen LogP contribution >= 0.6 is 0 Å². The first-order valence-electron chi connectivity index (χ1n) is 31.2. The molecule has 23 heteroatoms. The second-order valence-electron chi connectivity index (χ2n) is 22.5. The summed E-state index contributed by atoms with van der Waals surface area (Å²) in [6, 6.07) is 54.4. The number of hydrogen-bond donors (Lipinski definition) is 3. The summed E-state index contributed by atoms with van der Waals surface area (Å²) in [7, 11) is 3.15. The minimum atomic E-state index is -0.255. The SMILES string of the molecule is COCOc1ccccc1-c1cc(-c2cnn(C(C)c3ccc(C=O)cc3)c2)c(N)nn1.COCOc1ccccc1-c1cc(-c2cnn(C(C)c3ccc(CN4CCN(C(=O)OCc5ccccc5)CC4)cc3)c2)c(N)nn1.O=C(OCc1ccccc1)N1CCNCC1. The zero-order valence-electron chi connectivity index (χ0n) is 53.6. The van der Waals surface area contributed by atoms with Gasteiger partial charge in [-0.15, -0.1) is 20.4 Å². The fourth-order valence-electron chi connectivity index (χ4n) is 10.6. The fraction of sp³-hybridized carbons (Fsp3) is 0.264. The quantitative estimate of drug-likeness (QED) is 0.0446. The van der Waals surface area contributed by atoms with E-state index in [0.29, 0.717) is 66.4 Å². The molecule has 2 fully saturated rings. The molecule has 2 atom stereocenters. The number of nitrogens with one attached hydrogen (secondary N) is 1. The first kappa shape index (κ1) is 67.1. The maximum absolute atomic E-state index is 12.5. The maximum atomic E-state index is 12.5. The van der Waals surface area contributed by atoms with Crippen molar-refractivity contribution in [2.75, 3.05) is 91.6 Å². The largest absolute Gasteiger partial charge is 0.467 e. The molecule has 0 aliphatic carbocycles. The molecule has 2 amide bonds. The van der Waals surface area contributed by atoms with E-state index in [2.05, 4.69) is 72.0 Å². The topological polar surface area (TPSA) is 268 Å². The average molecular weight is 1280 g/mol. The third kappa shape index (κ3) is 18.3. The van der Waals surface area contributed by atoms with E-state index in [1.807, 2.05) is 162 Å². The van der Waals surface area contributed by atoms with Crippen LogP contribution in [-0.4, -0.2) is 153 Å². The predicted octanol–water partition coefficient (Wildman–Crippen LogP) is 10.9. The van der Waals surface area contributed by atoms with Crippen LogP contribution < -0.4 is 26.3 Å². The van der Waals surface area contributed by atoms with Gasteiger partial charge in [0.25, 0.3) is 0 Å². The number of rotatable bonds is 21. The van der Waals surface area contributed by atoms with Gasteiger partial charge < -0.3 is 55.0 Å². The number of hydrogen-bond acceptors (Lipinski definition) is 19. The van der Waals surface area contributed by atoms with Crippen molar-refractivity contribution in [3.05, 3.63) is 228 Å². The highest BCUT2D eigenvalue weighted by Crippen LogP contribution is 2.35. The molecule has 10 aromatic rings. The van der Waals surface area contributed by atoms with Gasteiger partial charge in [-0.25, -0.2) is 9.59 Å². The van der Waals surface area contributed by atoms with E-state index in [4.69, 9.17) is 39.9 Å². The van der Waals surface area contributed by atoms with Crippen molar-refractivity contribution in [2.24, 2.45) is 0 Å². The van der Waals surface area contributed by atoms with Crippen LogP contribution in [-0.2, 0) is 38.7 Å². The molecule has 12 rings (SSSR count). The Kier molecular flexibility index (Phi) is 23.7. The Morgan fingerprint density at radius 3 is 1.40 bits per heavy atom. The van der Waals surface area contributed by atoms with Crippen molar-refractivity contribution >= 4 is 30.1 Å². The molecule has 0 radical (unpaired) electrons. The summed E-state index contributed by atoms with van der Waals surface area (Å²) in [4.78, 5) is 41.0. The summed E-state index contributed by atoms with van der Waals surface area (Å²) >= 11 is 0. The van der Waals surface area contributed by atoms with E-state index < -0.39 is 0 Å². The van der Waals surface area contributed by atoms with Gasteiger partial charge in [0.05, 0.1) is 35.9 Å². The van der Waals surface area contributed by atoms with E-state index in [1.54, 1.807) is 48.5 Å². The van der Waals surface area contributed by atoms with Crippen molar-refractivity contribution < 1.29 is 42.8 Å². The lowest BCUT2D eigenvalue weighted by Gasteiger charge is -2.34. The van der Waals surface area contributed by atoms with E-state index in [0.717, 1.165) is 108 Å². The second kappa shape index (κ2) is 33.6. The molecule has 6 heterocycles. The molecule has 2 unspecified atom stereocenters.